The third kappa shape index (κ3) is 4.49. The van der Waals surface area contributed by atoms with Crippen molar-refractivity contribution in [3.63, 3.8) is 0 Å². The summed E-state index contributed by atoms with van der Waals surface area (Å²) in [7, 11) is -3.45. The van der Waals surface area contributed by atoms with Gasteiger partial charge < -0.3 is 15.0 Å². The Hall–Kier alpha value is -1.22. The van der Waals surface area contributed by atoms with E-state index in [-0.39, 0.29) is 0 Å². The van der Waals surface area contributed by atoms with Gasteiger partial charge in [0.1, 0.15) is 0 Å². The Morgan fingerprint density at radius 1 is 1.20 bits per heavy atom. The second-order valence-electron chi connectivity index (χ2n) is 6.66. The fourth-order valence-corrected chi connectivity index (χ4v) is 4.91. The summed E-state index contributed by atoms with van der Waals surface area (Å²) in [6, 6.07) is 6.81. The molecule has 2 fully saturated rings. The van der Waals surface area contributed by atoms with Crippen molar-refractivity contribution in [2.75, 3.05) is 44.7 Å². The van der Waals surface area contributed by atoms with Gasteiger partial charge in [-0.1, -0.05) is 6.92 Å². The van der Waals surface area contributed by atoms with Crippen molar-refractivity contribution in [3.8, 4) is 0 Å². The molecule has 2 saturated heterocycles. The second-order valence-corrected chi connectivity index (χ2v) is 8.99. The molecule has 1 atom stereocenters. The minimum absolute atomic E-state index is 0.303. The number of hydrogen-bond acceptors (Lipinski definition) is 4. The van der Waals surface area contributed by atoms with Gasteiger partial charge in [-0.25, -0.2) is 8.42 Å². The molecule has 2 aliphatic rings. The quantitative estimate of drug-likeness (QED) is 0.807. The summed E-state index contributed by atoms with van der Waals surface area (Å²) >= 11 is 5.49. The van der Waals surface area contributed by atoms with Gasteiger partial charge in [0.05, 0.1) is 18.1 Å². The molecule has 2 heterocycles. The van der Waals surface area contributed by atoms with E-state index in [0.717, 1.165) is 25.2 Å². The van der Waals surface area contributed by atoms with E-state index in [0.29, 0.717) is 42.2 Å². The monoisotopic (exact) mass is 383 g/mol. The van der Waals surface area contributed by atoms with Crippen LogP contribution in [0, 0.1) is 5.92 Å². The molecule has 138 valence electrons. The smallest absolute Gasteiger partial charge is 0.243 e. The Balaban J connectivity index is 1.64. The summed E-state index contributed by atoms with van der Waals surface area (Å²) in [5, 5.41) is 3.92. The number of likely N-dealkylation sites (tertiary alicyclic amines) is 1. The van der Waals surface area contributed by atoms with Gasteiger partial charge in [-0.15, -0.1) is 0 Å². The van der Waals surface area contributed by atoms with Gasteiger partial charge in [-0.2, -0.15) is 4.31 Å². The number of anilines is 1. The van der Waals surface area contributed by atoms with Crippen LogP contribution in [0.3, 0.4) is 0 Å². The van der Waals surface area contributed by atoms with Crippen molar-refractivity contribution in [1.29, 1.82) is 0 Å². The minimum atomic E-state index is -3.45. The molecule has 0 aromatic heterocycles. The zero-order valence-corrected chi connectivity index (χ0v) is 16.1. The molecule has 1 aromatic carbocycles. The van der Waals surface area contributed by atoms with E-state index in [9.17, 15) is 8.42 Å². The number of benzene rings is 1. The van der Waals surface area contributed by atoms with E-state index in [4.69, 9.17) is 17.0 Å². The van der Waals surface area contributed by atoms with Gasteiger partial charge >= 0.3 is 0 Å². The highest BCUT2D eigenvalue weighted by Gasteiger charge is 2.26. The molecule has 1 N–H and O–H groups in total. The van der Waals surface area contributed by atoms with E-state index in [1.807, 2.05) is 0 Å². The van der Waals surface area contributed by atoms with Gasteiger partial charge in [0.25, 0.3) is 0 Å². The first-order valence-corrected chi connectivity index (χ1v) is 10.6. The summed E-state index contributed by atoms with van der Waals surface area (Å²) < 4.78 is 31.9. The van der Waals surface area contributed by atoms with Crippen LogP contribution in [-0.2, 0) is 14.8 Å². The number of hydrogen-bond donors (Lipinski definition) is 1. The lowest BCUT2D eigenvalue weighted by Gasteiger charge is -2.33. The van der Waals surface area contributed by atoms with E-state index >= 15 is 0 Å². The number of piperidine rings is 1. The summed E-state index contributed by atoms with van der Waals surface area (Å²) in [4.78, 5) is 2.49. The number of rotatable bonds is 3. The van der Waals surface area contributed by atoms with Gasteiger partial charge in [0.2, 0.25) is 10.0 Å². The topological polar surface area (TPSA) is 61.9 Å². The molecular formula is C17H25N3O3S2. The molecule has 0 aliphatic carbocycles. The van der Waals surface area contributed by atoms with Crippen molar-refractivity contribution in [3.05, 3.63) is 24.3 Å². The highest BCUT2D eigenvalue weighted by Crippen LogP contribution is 2.21. The third-order valence-corrected chi connectivity index (χ3v) is 6.93. The first-order valence-electron chi connectivity index (χ1n) is 8.71. The SMILES string of the molecule is CC1CCCN(C(=S)Nc2ccc(S(=O)(=O)N3CCOCC3)cc2)C1. The van der Waals surface area contributed by atoms with Crippen molar-refractivity contribution in [1.82, 2.24) is 9.21 Å². The summed E-state index contributed by atoms with van der Waals surface area (Å²) in [5.74, 6) is 0.648. The zero-order chi connectivity index (χ0) is 17.9. The number of ether oxygens (including phenoxy) is 1. The van der Waals surface area contributed by atoms with Crippen molar-refractivity contribution < 1.29 is 13.2 Å². The molecule has 1 unspecified atom stereocenters. The molecule has 1 aromatic rings. The molecule has 0 spiro atoms. The number of sulfonamides is 1. The van der Waals surface area contributed by atoms with Gasteiger partial charge in [-0.3, -0.25) is 0 Å². The number of morpholine rings is 1. The molecule has 0 radical (unpaired) electrons. The molecule has 3 rings (SSSR count). The Labute approximate surface area is 155 Å². The summed E-state index contributed by atoms with van der Waals surface area (Å²) in [6.07, 6.45) is 2.40. The third-order valence-electron chi connectivity index (χ3n) is 4.66. The van der Waals surface area contributed by atoms with E-state index in [1.54, 1.807) is 24.3 Å². The van der Waals surface area contributed by atoms with Crippen molar-refractivity contribution in [2.24, 2.45) is 5.92 Å². The maximum Gasteiger partial charge on any atom is 0.243 e. The molecule has 8 heteroatoms. The lowest BCUT2D eigenvalue weighted by molar-refractivity contribution is 0.0730. The number of nitrogens with zero attached hydrogens (tertiary/aromatic N) is 2. The van der Waals surface area contributed by atoms with Gasteiger partial charge in [0, 0.05) is 31.9 Å². The predicted octanol–water partition coefficient (Wildman–Crippen LogP) is 2.14. The summed E-state index contributed by atoms with van der Waals surface area (Å²) in [6.45, 7) is 5.87. The number of nitrogens with one attached hydrogen (secondary N) is 1. The van der Waals surface area contributed by atoms with Crippen LogP contribution in [0.5, 0.6) is 0 Å². The normalized spacial score (nSPS) is 22.6. The van der Waals surface area contributed by atoms with Crippen molar-refractivity contribution in [2.45, 2.75) is 24.7 Å². The lowest BCUT2D eigenvalue weighted by Crippen LogP contribution is -2.41. The Morgan fingerprint density at radius 2 is 1.88 bits per heavy atom. The minimum Gasteiger partial charge on any atom is -0.379 e. The first kappa shape index (κ1) is 18.6. The molecular weight excluding hydrogens is 358 g/mol. The average Bonchev–Trinajstić information content (AvgIpc) is 2.63. The van der Waals surface area contributed by atoms with Crippen LogP contribution in [-0.4, -0.2) is 62.1 Å². The van der Waals surface area contributed by atoms with Crippen LogP contribution in [0.4, 0.5) is 5.69 Å². The zero-order valence-electron chi connectivity index (χ0n) is 14.5. The van der Waals surface area contributed by atoms with Crippen LogP contribution in [0.15, 0.2) is 29.2 Å². The van der Waals surface area contributed by atoms with E-state index in [1.165, 1.54) is 10.7 Å². The maximum absolute atomic E-state index is 12.6. The molecule has 6 nitrogen and oxygen atoms in total. The molecule has 2 aliphatic heterocycles. The van der Waals surface area contributed by atoms with E-state index < -0.39 is 10.0 Å². The fourth-order valence-electron chi connectivity index (χ4n) is 3.22. The maximum atomic E-state index is 12.6. The number of thiocarbonyl (C=S) groups is 1. The van der Waals surface area contributed by atoms with Crippen LogP contribution >= 0.6 is 12.2 Å². The van der Waals surface area contributed by atoms with Crippen LogP contribution < -0.4 is 5.32 Å². The molecule has 25 heavy (non-hydrogen) atoms. The average molecular weight is 384 g/mol. The highest BCUT2D eigenvalue weighted by atomic mass is 32.2. The molecule has 0 amide bonds. The largest absolute Gasteiger partial charge is 0.379 e. The fraction of sp³-hybridized carbons (Fsp3) is 0.588. The highest BCUT2D eigenvalue weighted by molar-refractivity contribution is 7.89. The Kier molecular flexibility index (Phi) is 5.93. The van der Waals surface area contributed by atoms with E-state index in [2.05, 4.69) is 17.1 Å². The molecule has 0 saturated carbocycles. The Bertz CT molecular complexity index is 700. The first-order chi connectivity index (χ1) is 12.0. The lowest BCUT2D eigenvalue weighted by atomic mass is 10.0. The molecule has 0 bridgehead atoms. The van der Waals surface area contributed by atoms with Crippen LogP contribution in [0.2, 0.25) is 0 Å². The van der Waals surface area contributed by atoms with Crippen LogP contribution in [0.1, 0.15) is 19.8 Å². The standard InChI is InChI=1S/C17H25N3O3S2/c1-14-3-2-8-19(13-14)17(24)18-15-4-6-16(7-5-15)25(21,22)20-9-11-23-12-10-20/h4-7,14H,2-3,8-13H2,1H3,(H,18,24). The van der Waals surface area contributed by atoms with Crippen LogP contribution in [0.25, 0.3) is 0 Å². The predicted molar refractivity (Wildman–Crippen MR) is 102 cm³/mol. The van der Waals surface area contributed by atoms with Crippen molar-refractivity contribution >= 4 is 33.0 Å². The summed E-state index contributed by atoms with van der Waals surface area (Å²) in [5.41, 5.74) is 0.809. The van der Waals surface area contributed by atoms with Gasteiger partial charge in [-0.05, 0) is 55.2 Å². The van der Waals surface area contributed by atoms with Gasteiger partial charge in [0.15, 0.2) is 5.11 Å². The Morgan fingerprint density at radius 3 is 2.52 bits per heavy atom. The second kappa shape index (κ2) is 7.99.